The third-order valence-corrected chi connectivity index (χ3v) is 3.38. The molecule has 0 saturated heterocycles. The standard InChI is InChI=1S/C13H16BrN3/c1-9-8-13(16-17(9)3)15-10(2)11-4-6-12(14)7-5-11/h4-8,10H,1-3H3,(H,15,16). The second kappa shape index (κ2) is 4.92. The summed E-state index contributed by atoms with van der Waals surface area (Å²) in [6.45, 7) is 4.18. The van der Waals surface area contributed by atoms with Crippen LogP contribution in [0.1, 0.15) is 24.2 Å². The van der Waals surface area contributed by atoms with Gasteiger partial charge in [0.1, 0.15) is 5.82 Å². The minimum absolute atomic E-state index is 0.248. The molecule has 1 aromatic carbocycles. The summed E-state index contributed by atoms with van der Waals surface area (Å²) in [6, 6.07) is 10.6. The number of rotatable bonds is 3. The van der Waals surface area contributed by atoms with Gasteiger partial charge in [-0.2, -0.15) is 5.10 Å². The van der Waals surface area contributed by atoms with Gasteiger partial charge >= 0.3 is 0 Å². The Morgan fingerprint density at radius 1 is 1.29 bits per heavy atom. The van der Waals surface area contributed by atoms with Crippen LogP contribution >= 0.6 is 15.9 Å². The minimum Gasteiger partial charge on any atom is -0.362 e. The van der Waals surface area contributed by atoms with Gasteiger partial charge in [-0.1, -0.05) is 28.1 Å². The van der Waals surface area contributed by atoms with Gasteiger partial charge in [-0.3, -0.25) is 4.68 Å². The molecule has 0 fully saturated rings. The van der Waals surface area contributed by atoms with Crippen molar-refractivity contribution in [1.29, 1.82) is 0 Å². The number of aryl methyl sites for hydroxylation is 2. The molecule has 17 heavy (non-hydrogen) atoms. The molecule has 1 aromatic heterocycles. The molecule has 0 aliphatic heterocycles. The molecule has 3 nitrogen and oxygen atoms in total. The molecule has 0 aliphatic rings. The van der Waals surface area contributed by atoms with E-state index in [1.807, 2.05) is 18.7 Å². The third-order valence-electron chi connectivity index (χ3n) is 2.85. The lowest BCUT2D eigenvalue weighted by molar-refractivity contribution is 0.736. The summed E-state index contributed by atoms with van der Waals surface area (Å²) in [4.78, 5) is 0. The fourth-order valence-electron chi connectivity index (χ4n) is 1.69. The lowest BCUT2D eigenvalue weighted by Crippen LogP contribution is -2.07. The van der Waals surface area contributed by atoms with Crippen molar-refractivity contribution in [1.82, 2.24) is 9.78 Å². The quantitative estimate of drug-likeness (QED) is 0.936. The van der Waals surface area contributed by atoms with E-state index in [1.165, 1.54) is 5.56 Å². The van der Waals surface area contributed by atoms with Crippen LogP contribution in [0.2, 0.25) is 0 Å². The molecule has 0 saturated carbocycles. The van der Waals surface area contributed by atoms with Crippen molar-refractivity contribution in [3.05, 3.63) is 46.1 Å². The molecular formula is C13H16BrN3. The van der Waals surface area contributed by atoms with Crippen molar-refractivity contribution >= 4 is 21.7 Å². The van der Waals surface area contributed by atoms with E-state index in [0.717, 1.165) is 16.0 Å². The highest BCUT2D eigenvalue weighted by Gasteiger charge is 2.07. The van der Waals surface area contributed by atoms with Crippen LogP contribution in [0.25, 0.3) is 0 Å². The number of halogens is 1. The Hall–Kier alpha value is -1.29. The topological polar surface area (TPSA) is 29.9 Å². The Bertz CT molecular complexity index is 482. The molecule has 2 aromatic rings. The Morgan fingerprint density at radius 2 is 1.94 bits per heavy atom. The van der Waals surface area contributed by atoms with Crippen LogP contribution in [0.4, 0.5) is 5.82 Å². The summed E-state index contributed by atoms with van der Waals surface area (Å²) in [5.41, 5.74) is 2.40. The molecular weight excluding hydrogens is 278 g/mol. The fraction of sp³-hybridized carbons (Fsp3) is 0.308. The molecule has 0 amide bonds. The van der Waals surface area contributed by atoms with Gasteiger partial charge < -0.3 is 5.32 Å². The monoisotopic (exact) mass is 293 g/mol. The summed E-state index contributed by atoms with van der Waals surface area (Å²) < 4.78 is 2.97. The van der Waals surface area contributed by atoms with Crippen LogP contribution in [-0.2, 0) is 7.05 Å². The van der Waals surface area contributed by atoms with Gasteiger partial charge in [0.15, 0.2) is 0 Å². The van der Waals surface area contributed by atoms with Crippen LogP contribution in [0.15, 0.2) is 34.8 Å². The molecule has 2 rings (SSSR count). The van der Waals surface area contributed by atoms with Gasteiger partial charge in [0.2, 0.25) is 0 Å². The molecule has 1 atom stereocenters. The number of hydrogen-bond donors (Lipinski definition) is 1. The number of hydrogen-bond acceptors (Lipinski definition) is 2. The van der Waals surface area contributed by atoms with Gasteiger partial charge in [-0.05, 0) is 31.5 Å². The second-order valence-corrected chi connectivity index (χ2v) is 5.13. The molecule has 0 spiro atoms. The Kier molecular flexibility index (Phi) is 3.52. The zero-order chi connectivity index (χ0) is 12.4. The van der Waals surface area contributed by atoms with E-state index in [9.17, 15) is 0 Å². The first kappa shape index (κ1) is 12.2. The maximum absolute atomic E-state index is 4.39. The van der Waals surface area contributed by atoms with Crippen molar-refractivity contribution in [2.75, 3.05) is 5.32 Å². The minimum atomic E-state index is 0.248. The first-order valence-electron chi connectivity index (χ1n) is 5.59. The van der Waals surface area contributed by atoms with E-state index >= 15 is 0 Å². The summed E-state index contributed by atoms with van der Waals surface area (Å²) in [5, 5.41) is 7.78. The molecule has 0 radical (unpaired) electrons. The second-order valence-electron chi connectivity index (χ2n) is 4.21. The first-order chi connectivity index (χ1) is 8.06. The van der Waals surface area contributed by atoms with Crippen LogP contribution < -0.4 is 5.32 Å². The highest BCUT2D eigenvalue weighted by molar-refractivity contribution is 9.10. The Labute approximate surface area is 110 Å². The summed E-state index contributed by atoms with van der Waals surface area (Å²) in [5.74, 6) is 0.917. The van der Waals surface area contributed by atoms with Crippen molar-refractivity contribution in [2.45, 2.75) is 19.9 Å². The lowest BCUT2D eigenvalue weighted by atomic mass is 10.1. The van der Waals surface area contributed by atoms with Crippen molar-refractivity contribution in [2.24, 2.45) is 7.05 Å². The highest BCUT2D eigenvalue weighted by atomic mass is 79.9. The predicted molar refractivity (Wildman–Crippen MR) is 74.1 cm³/mol. The lowest BCUT2D eigenvalue weighted by Gasteiger charge is -2.13. The van der Waals surface area contributed by atoms with Crippen LogP contribution in [0.5, 0.6) is 0 Å². The van der Waals surface area contributed by atoms with E-state index < -0.39 is 0 Å². The molecule has 0 aliphatic carbocycles. The Balaban J connectivity index is 2.11. The van der Waals surface area contributed by atoms with Gasteiger partial charge in [-0.25, -0.2) is 0 Å². The smallest absolute Gasteiger partial charge is 0.148 e. The number of anilines is 1. The van der Waals surface area contributed by atoms with Gasteiger partial charge in [0.05, 0.1) is 0 Å². The van der Waals surface area contributed by atoms with E-state index in [4.69, 9.17) is 0 Å². The summed E-state index contributed by atoms with van der Waals surface area (Å²) in [7, 11) is 1.95. The highest BCUT2D eigenvalue weighted by Crippen LogP contribution is 2.20. The Morgan fingerprint density at radius 3 is 2.47 bits per heavy atom. The molecule has 90 valence electrons. The summed E-state index contributed by atoms with van der Waals surface area (Å²) >= 11 is 3.44. The van der Waals surface area contributed by atoms with E-state index in [-0.39, 0.29) is 6.04 Å². The third kappa shape index (κ3) is 2.88. The van der Waals surface area contributed by atoms with Gasteiger partial charge in [-0.15, -0.1) is 0 Å². The van der Waals surface area contributed by atoms with Crippen LogP contribution in [0, 0.1) is 6.92 Å². The number of aromatic nitrogens is 2. The van der Waals surface area contributed by atoms with Crippen molar-refractivity contribution < 1.29 is 0 Å². The average molecular weight is 294 g/mol. The predicted octanol–water partition coefficient (Wildman–Crippen LogP) is 3.66. The van der Waals surface area contributed by atoms with Gasteiger partial charge in [0, 0.05) is 29.3 Å². The largest absolute Gasteiger partial charge is 0.362 e. The van der Waals surface area contributed by atoms with E-state index in [2.05, 4.69) is 63.6 Å². The number of nitrogens with zero attached hydrogens (tertiary/aromatic N) is 2. The molecule has 0 bridgehead atoms. The zero-order valence-corrected chi connectivity index (χ0v) is 11.8. The maximum Gasteiger partial charge on any atom is 0.148 e. The van der Waals surface area contributed by atoms with Crippen molar-refractivity contribution in [3.8, 4) is 0 Å². The maximum atomic E-state index is 4.39. The fourth-order valence-corrected chi connectivity index (χ4v) is 1.95. The van der Waals surface area contributed by atoms with E-state index in [1.54, 1.807) is 0 Å². The molecule has 4 heteroatoms. The number of benzene rings is 1. The van der Waals surface area contributed by atoms with E-state index in [0.29, 0.717) is 0 Å². The summed E-state index contributed by atoms with van der Waals surface area (Å²) in [6.07, 6.45) is 0. The SMILES string of the molecule is Cc1cc(NC(C)c2ccc(Br)cc2)nn1C. The molecule has 1 N–H and O–H groups in total. The van der Waals surface area contributed by atoms with Crippen molar-refractivity contribution in [3.63, 3.8) is 0 Å². The normalized spacial score (nSPS) is 12.5. The van der Waals surface area contributed by atoms with Gasteiger partial charge in [0.25, 0.3) is 0 Å². The first-order valence-corrected chi connectivity index (χ1v) is 6.38. The molecule has 1 heterocycles. The average Bonchev–Trinajstić information content (AvgIpc) is 2.58. The van der Waals surface area contributed by atoms with Crippen LogP contribution in [-0.4, -0.2) is 9.78 Å². The zero-order valence-electron chi connectivity index (χ0n) is 10.2. The number of nitrogens with one attached hydrogen (secondary N) is 1. The van der Waals surface area contributed by atoms with Crippen LogP contribution in [0.3, 0.4) is 0 Å². The molecule has 1 unspecified atom stereocenters.